The quantitative estimate of drug-likeness (QED) is 0.835. The number of anilines is 1. The van der Waals surface area contributed by atoms with Gasteiger partial charge in [-0.1, -0.05) is 31.5 Å². The summed E-state index contributed by atoms with van der Waals surface area (Å²) in [6.45, 7) is 4.58. The van der Waals surface area contributed by atoms with Gasteiger partial charge in [-0.25, -0.2) is 0 Å². The second-order valence-corrected chi connectivity index (χ2v) is 4.60. The first-order chi connectivity index (χ1) is 7.85. The van der Waals surface area contributed by atoms with E-state index in [0.717, 1.165) is 6.54 Å². The number of rotatable bonds is 4. The highest BCUT2D eigenvalue weighted by molar-refractivity contribution is 5.54. The Morgan fingerprint density at radius 3 is 2.88 bits per heavy atom. The lowest BCUT2D eigenvalue weighted by atomic mass is 10.1. The molecule has 1 aliphatic heterocycles. The minimum absolute atomic E-state index is 0.662. The maximum atomic E-state index is 3.37. The topological polar surface area (TPSA) is 15.3 Å². The molecule has 2 heteroatoms. The van der Waals surface area contributed by atoms with E-state index in [2.05, 4.69) is 48.5 Å². The summed E-state index contributed by atoms with van der Waals surface area (Å²) in [6.07, 6.45) is 3.67. The zero-order chi connectivity index (χ0) is 11.4. The molecular formula is C14H22N2. The van der Waals surface area contributed by atoms with Crippen LogP contribution in [0.25, 0.3) is 0 Å². The molecule has 0 aromatic heterocycles. The van der Waals surface area contributed by atoms with E-state index in [1.54, 1.807) is 0 Å². The largest absolute Gasteiger partial charge is 0.370 e. The maximum absolute atomic E-state index is 3.37. The molecule has 1 fully saturated rings. The van der Waals surface area contributed by atoms with Crippen LogP contribution in [0.15, 0.2) is 24.3 Å². The van der Waals surface area contributed by atoms with Crippen LogP contribution in [0.3, 0.4) is 0 Å². The second-order valence-electron chi connectivity index (χ2n) is 4.60. The van der Waals surface area contributed by atoms with Crippen LogP contribution < -0.4 is 10.2 Å². The van der Waals surface area contributed by atoms with Gasteiger partial charge >= 0.3 is 0 Å². The Morgan fingerprint density at radius 1 is 1.38 bits per heavy atom. The van der Waals surface area contributed by atoms with E-state index in [-0.39, 0.29) is 0 Å². The molecular weight excluding hydrogens is 196 g/mol. The van der Waals surface area contributed by atoms with Gasteiger partial charge in [0.2, 0.25) is 0 Å². The first-order valence-electron chi connectivity index (χ1n) is 6.35. The molecule has 2 nitrogen and oxygen atoms in total. The molecule has 1 aromatic carbocycles. The lowest BCUT2D eigenvalue weighted by molar-refractivity contribution is 0.617. The van der Waals surface area contributed by atoms with Gasteiger partial charge in [0.1, 0.15) is 0 Å². The van der Waals surface area contributed by atoms with Gasteiger partial charge in [-0.15, -0.1) is 0 Å². The summed E-state index contributed by atoms with van der Waals surface area (Å²) in [5, 5.41) is 3.37. The van der Waals surface area contributed by atoms with Crippen LogP contribution in [0.5, 0.6) is 0 Å². The van der Waals surface area contributed by atoms with Crippen LogP contribution in [0.1, 0.15) is 25.3 Å². The highest BCUT2D eigenvalue weighted by Gasteiger charge is 2.22. The van der Waals surface area contributed by atoms with Crippen molar-refractivity contribution in [3.63, 3.8) is 0 Å². The van der Waals surface area contributed by atoms with Gasteiger partial charge in [0, 0.05) is 24.8 Å². The van der Waals surface area contributed by atoms with Crippen molar-refractivity contribution < 1.29 is 0 Å². The zero-order valence-corrected chi connectivity index (χ0v) is 10.4. The van der Waals surface area contributed by atoms with Crippen LogP contribution >= 0.6 is 0 Å². The van der Waals surface area contributed by atoms with Crippen molar-refractivity contribution in [3.8, 4) is 0 Å². The van der Waals surface area contributed by atoms with Gasteiger partial charge in [0.25, 0.3) is 0 Å². The molecule has 1 aromatic rings. The van der Waals surface area contributed by atoms with Crippen molar-refractivity contribution in [2.45, 2.75) is 32.2 Å². The molecule has 0 spiro atoms. The molecule has 0 aliphatic carbocycles. The van der Waals surface area contributed by atoms with E-state index in [4.69, 9.17) is 0 Å². The maximum Gasteiger partial charge on any atom is 0.0399 e. The van der Waals surface area contributed by atoms with Crippen LogP contribution in [-0.4, -0.2) is 26.2 Å². The first-order valence-corrected chi connectivity index (χ1v) is 6.35. The summed E-state index contributed by atoms with van der Waals surface area (Å²) in [7, 11) is 2.06. The van der Waals surface area contributed by atoms with Gasteiger partial charge in [-0.05, 0) is 31.5 Å². The van der Waals surface area contributed by atoms with E-state index in [9.17, 15) is 0 Å². The average Bonchev–Trinajstić information content (AvgIpc) is 2.79. The van der Waals surface area contributed by atoms with Crippen LogP contribution in [0.4, 0.5) is 5.69 Å². The number of para-hydroxylation sites is 1. The van der Waals surface area contributed by atoms with Crippen molar-refractivity contribution in [1.82, 2.24) is 5.32 Å². The fourth-order valence-electron chi connectivity index (χ4n) is 2.51. The van der Waals surface area contributed by atoms with E-state index in [1.165, 1.54) is 37.1 Å². The van der Waals surface area contributed by atoms with Crippen molar-refractivity contribution in [2.75, 3.05) is 25.0 Å². The Balaban J connectivity index is 2.14. The van der Waals surface area contributed by atoms with Crippen molar-refractivity contribution in [2.24, 2.45) is 0 Å². The van der Waals surface area contributed by atoms with Crippen LogP contribution in [0, 0.1) is 0 Å². The molecule has 0 saturated carbocycles. The summed E-state index contributed by atoms with van der Waals surface area (Å²) < 4.78 is 0. The molecule has 1 aliphatic rings. The molecule has 1 unspecified atom stereocenters. The second kappa shape index (κ2) is 5.35. The molecule has 0 amide bonds. The Kier molecular flexibility index (Phi) is 3.83. The highest BCUT2D eigenvalue weighted by Crippen LogP contribution is 2.25. The fraction of sp³-hybridized carbons (Fsp3) is 0.571. The smallest absolute Gasteiger partial charge is 0.0399 e. The molecule has 1 atom stereocenters. The van der Waals surface area contributed by atoms with E-state index >= 15 is 0 Å². The Labute approximate surface area is 98.7 Å². The molecule has 0 bridgehead atoms. The molecule has 1 heterocycles. The Hall–Kier alpha value is -1.02. The predicted octanol–water partition coefficient (Wildman–Crippen LogP) is 2.44. The predicted molar refractivity (Wildman–Crippen MR) is 70.1 cm³/mol. The molecule has 1 saturated heterocycles. The summed E-state index contributed by atoms with van der Waals surface area (Å²) in [4.78, 5) is 2.52. The zero-order valence-electron chi connectivity index (χ0n) is 10.4. The monoisotopic (exact) mass is 218 g/mol. The number of aryl methyl sites for hydroxylation is 1. The van der Waals surface area contributed by atoms with Gasteiger partial charge in [-0.2, -0.15) is 0 Å². The molecule has 88 valence electrons. The van der Waals surface area contributed by atoms with Gasteiger partial charge in [0.15, 0.2) is 0 Å². The summed E-state index contributed by atoms with van der Waals surface area (Å²) >= 11 is 0. The standard InChI is InChI=1S/C14H22N2/c1-3-6-12-7-4-5-8-14(12)16-10-9-13(11-16)15-2/h4-5,7-8,13,15H,3,6,9-11H2,1-2H3. The van der Waals surface area contributed by atoms with Gasteiger partial charge in [0.05, 0.1) is 0 Å². The van der Waals surface area contributed by atoms with E-state index in [0.29, 0.717) is 6.04 Å². The van der Waals surface area contributed by atoms with E-state index in [1.807, 2.05) is 0 Å². The number of nitrogens with one attached hydrogen (secondary N) is 1. The van der Waals surface area contributed by atoms with Crippen molar-refractivity contribution in [1.29, 1.82) is 0 Å². The summed E-state index contributed by atoms with van der Waals surface area (Å²) in [6, 6.07) is 9.50. The first kappa shape index (κ1) is 11.5. The summed E-state index contributed by atoms with van der Waals surface area (Å²) in [5.41, 5.74) is 2.95. The number of hydrogen-bond donors (Lipinski definition) is 1. The van der Waals surface area contributed by atoms with Crippen molar-refractivity contribution >= 4 is 5.69 Å². The normalized spacial score (nSPS) is 20.4. The number of benzene rings is 1. The van der Waals surface area contributed by atoms with E-state index < -0.39 is 0 Å². The highest BCUT2D eigenvalue weighted by atomic mass is 15.2. The number of likely N-dealkylation sites (N-methyl/N-ethyl adjacent to an activating group) is 1. The third-order valence-electron chi connectivity index (χ3n) is 3.45. The SMILES string of the molecule is CCCc1ccccc1N1CCC(NC)C1. The van der Waals surface area contributed by atoms with Gasteiger partial charge < -0.3 is 10.2 Å². The lowest BCUT2D eigenvalue weighted by Gasteiger charge is -2.22. The number of nitrogens with zero attached hydrogens (tertiary/aromatic N) is 1. The fourth-order valence-corrected chi connectivity index (χ4v) is 2.51. The number of hydrogen-bond acceptors (Lipinski definition) is 2. The molecule has 0 radical (unpaired) electrons. The molecule has 16 heavy (non-hydrogen) atoms. The third kappa shape index (κ3) is 2.38. The van der Waals surface area contributed by atoms with Crippen molar-refractivity contribution in [3.05, 3.63) is 29.8 Å². The van der Waals surface area contributed by atoms with Crippen LogP contribution in [-0.2, 0) is 6.42 Å². The molecule has 1 N–H and O–H groups in total. The minimum Gasteiger partial charge on any atom is -0.370 e. The Morgan fingerprint density at radius 2 is 2.19 bits per heavy atom. The summed E-state index contributed by atoms with van der Waals surface area (Å²) in [5.74, 6) is 0. The lowest BCUT2D eigenvalue weighted by Crippen LogP contribution is -2.29. The van der Waals surface area contributed by atoms with Crippen LogP contribution in [0.2, 0.25) is 0 Å². The third-order valence-corrected chi connectivity index (χ3v) is 3.45. The Bertz CT molecular complexity index is 335. The minimum atomic E-state index is 0.662. The molecule has 2 rings (SSSR count). The van der Waals surface area contributed by atoms with Gasteiger partial charge in [-0.3, -0.25) is 0 Å². The average molecular weight is 218 g/mol.